The molecule has 2 amide bonds. The number of nitrogens with one attached hydrogen (secondary N) is 2. The summed E-state index contributed by atoms with van der Waals surface area (Å²) in [4.78, 5) is 25.2. The van der Waals surface area contributed by atoms with E-state index in [9.17, 15) is 9.59 Å². The lowest BCUT2D eigenvalue weighted by molar-refractivity contribution is -0.136. The van der Waals surface area contributed by atoms with E-state index in [1.54, 1.807) is 23.1 Å². The van der Waals surface area contributed by atoms with Gasteiger partial charge in [-0.2, -0.15) is 0 Å². The van der Waals surface area contributed by atoms with Gasteiger partial charge >= 0.3 is 11.8 Å². The van der Waals surface area contributed by atoms with E-state index in [1.807, 2.05) is 14.1 Å². The van der Waals surface area contributed by atoms with Crippen LogP contribution in [0.25, 0.3) is 0 Å². The Bertz CT molecular complexity index is 513. The highest BCUT2D eigenvalue weighted by Crippen LogP contribution is 2.32. The molecule has 6 heteroatoms. The highest BCUT2D eigenvalue weighted by molar-refractivity contribution is 6.40. The molecular formula is C13H16ClN3O2. The lowest BCUT2D eigenvalue weighted by atomic mass is 10.2. The molecule has 102 valence electrons. The quantitative estimate of drug-likeness (QED) is 0.828. The fourth-order valence-corrected chi connectivity index (χ4v) is 2.07. The zero-order chi connectivity index (χ0) is 14.0. The van der Waals surface area contributed by atoms with Crippen molar-refractivity contribution >= 4 is 34.8 Å². The van der Waals surface area contributed by atoms with Crippen molar-refractivity contribution in [2.24, 2.45) is 0 Å². The van der Waals surface area contributed by atoms with Crippen LogP contribution in [-0.2, 0) is 9.59 Å². The number of hydrogen-bond acceptors (Lipinski definition) is 3. The molecule has 1 aliphatic carbocycles. The number of carbonyl (C=O) groups excluding carboxylic acids is 2. The van der Waals surface area contributed by atoms with Crippen molar-refractivity contribution in [3.63, 3.8) is 0 Å². The zero-order valence-corrected chi connectivity index (χ0v) is 11.6. The van der Waals surface area contributed by atoms with E-state index < -0.39 is 11.8 Å². The summed E-state index contributed by atoms with van der Waals surface area (Å²) in [5.41, 5.74) is 1.20. The second-order valence-corrected chi connectivity index (χ2v) is 5.14. The van der Waals surface area contributed by atoms with Crippen molar-refractivity contribution in [1.29, 1.82) is 0 Å². The van der Waals surface area contributed by atoms with Gasteiger partial charge in [0.25, 0.3) is 0 Å². The fraction of sp³-hybridized carbons (Fsp3) is 0.385. The summed E-state index contributed by atoms with van der Waals surface area (Å²) in [6, 6.07) is 5.33. The molecule has 1 aromatic rings. The Morgan fingerprint density at radius 2 is 1.95 bits per heavy atom. The standard InChI is InChI=1S/C13H16ClN3O2/c1-17(2)11-9(14)4-3-5-10(11)16-13(19)12(18)15-8-6-7-8/h3-5,8H,6-7H2,1-2H3,(H,15,18)(H,16,19). The van der Waals surface area contributed by atoms with Crippen molar-refractivity contribution in [2.45, 2.75) is 18.9 Å². The van der Waals surface area contributed by atoms with Crippen LogP contribution in [0.5, 0.6) is 0 Å². The number of rotatable bonds is 3. The molecule has 0 spiro atoms. The van der Waals surface area contributed by atoms with Gasteiger partial charge < -0.3 is 15.5 Å². The van der Waals surface area contributed by atoms with Gasteiger partial charge in [0.15, 0.2) is 0 Å². The van der Waals surface area contributed by atoms with Gasteiger partial charge in [0.2, 0.25) is 0 Å². The van der Waals surface area contributed by atoms with Gasteiger partial charge in [0, 0.05) is 20.1 Å². The van der Waals surface area contributed by atoms with Gasteiger partial charge in [-0.15, -0.1) is 0 Å². The molecular weight excluding hydrogens is 266 g/mol. The smallest absolute Gasteiger partial charge is 0.313 e. The summed E-state index contributed by atoms with van der Waals surface area (Å²) in [5, 5.41) is 5.75. The van der Waals surface area contributed by atoms with Crippen LogP contribution in [0.2, 0.25) is 5.02 Å². The third-order valence-corrected chi connectivity index (χ3v) is 3.11. The maximum Gasteiger partial charge on any atom is 0.313 e. The normalized spacial score (nSPS) is 13.8. The van der Waals surface area contributed by atoms with Crippen molar-refractivity contribution in [3.05, 3.63) is 23.2 Å². The van der Waals surface area contributed by atoms with Crippen LogP contribution in [-0.4, -0.2) is 32.0 Å². The average Bonchev–Trinajstić information content (AvgIpc) is 3.12. The maximum atomic E-state index is 11.8. The molecule has 0 aliphatic heterocycles. The molecule has 2 N–H and O–H groups in total. The highest BCUT2D eigenvalue weighted by atomic mass is 35.5. The molecule has 1 aliphatic rings. The average molecular weight is 282 g/mol. The fourth-order valence-electron chi connectivity index (χ4n) is 1.73. The Kier molecular flexibility index (Phi) is 3.95. The van der Waals surface area contributed by atoms with Gasteiger partial charge in [0.05, 0.1) is 16.4 Å². The highest BCUT2D eigenvalue weighted by Gasteiger charge is 2.26. The van der Waals surface area contributed by atoms with Crippen molar-refractivity contribution in [2.75, 3.05) is 24.3 Å². The summed E-state index contributed by atoms with van der Waals surface area (Å²) in [6.45, 7) is 0. The number of amides is 2. The van der Waals surface area contributed by atoms with Gasteiger partial charge in [-0.3, -0.25) is 9.59 Å². The Balaban J connectivity index is 2.11. The second-order valence-electron chi connectivity index (χ2n) is 4.73. The van der Waals surface area contributed by atoms with Crippen LogP contribution in [0.4, 0.5) is 11.4 Å². The third-order valence-electron chi connectivity index (χ3n) is 2.80. The first-order valence-corrected chi connectivity index (χ1v) is 6.44. The van der Waals surface area contributed by atoms with Crippen molar-refractivity contribution < 1.29 is 9.59 Å². The minimum absolute atomic E-state index is 0.158. The topological polar surface area (TPSA) is 61.4 Å². The number of nitrogens with zero attached hydrogens (tertiary/aromatic N) is 1. The molecule has 0 radical (unpaired) electrons. The lowest BCUT2D eigenvalue weighted by Crippen LogP contribution is -2.36. The molecule has 1 fully saturated rings. The first kappa shape index (κ1) is 13.7. The summed E-state index contributed by atoms with van der Waals surface area (Å²) in [7, 11) is 3.64. The molecule has 1 saturated carbocycles. The first-order valence-electron chi connectivity index (χ1n) is 6.06. The number of hydrogen-bond donors (Lipinski definition) is 2. The molecule has 5 nitrogen and oxygen atoms in total. The minimum atomic E-state index is -0.669. The van der Waals surface area contributed by atoms with Crippen LogP contribution in [0.15, 0.2) is 18.2 Å². The van der Waals surface area contributed by atoms with Gasteiger partial charge in [-0.25, -0.2) is 0 Å². The van der Waals surface area contributed by atoms with Crippen molar-refractivity contribution in [3.8, 4) is 0 Å². The van der Waals surface area contributed by atoms with Gasteiger partial charge in [0.1, 0.15) is 0 Å². The second kappa shape index (κ2) is 5.48. The summed E-state index contributed by atoms with van der Waals surface area (Å²) < 4.78 is 0. The largest absolute Gasteiger partial charge is 0.375 e. The van der Waals surface area contributed by atoms with E-state index in [0.29, 0.717) is 16.4 Å². The number of benzene rings is 1. The third kappa shape index (κ3) is 3.38. The predicted molar refractivity (Wildman–Crippen MR) is 75.6 cm³/mol. The maximum absolute atomic E-state index is 11.8. The van der Waals surface area contributed by atoms with E-state index in [1.165, 1.54) is 0 Å². The molecule has 19 heavy (non-hydrogen) atoms. The number of carbonyl (C=O) groups is 2. The number of halogens is 1. The monoisotopic (exact) mass is 281 g/mol. The Morgan fingerprint density at radius 3 is 2.53 bits per heavy atom. The molecule has 0 unspecified atom stereocenters. The predicted octanol–water partition coefficient (Wildman–Crippen LogP) is 1.62. The summed E-state index contributed by atoms with van der Waals surface area (Å²) in [5.74, 6) is -1.27. The minimum Gasteiger partial charge on any atom is -0.375 e. The van der Waals surface area contributed by atoms with Crippen LogP contribution in [0.1, 0.15) is 12.8 Å². The Morgan fingerprint density at radius 1 is 1.26 bits per heavy atom. The molecule has 0 bridgehead atoms. The van der Waals surface area contributed by atoms with Crippen molar-refractivity contribution in [1.82, 2.24) is 5.32 Å². The SMILES string of the molecule is CN(C)c1c(Cl)cccc1NC(=O)C(=O)NC1CC1. The number of anilines is 2. The number of para-hydroxylation sites is 1. The Labute approximate surface area is 116 Å². The molecule has 0 saturated heterocycles. The van der Waals surface area contributed by atoms with E-state index in [0.717, 1.165) is 12.8 Å². The zero-order valence-electron chi connectivity index (χ0n) is 10.9. The summed E-state index contributed by atoms with van der Waals surface area (Å²) in [6.07, 6.45) is 1.89. The molecule has 0 aromatic heterocycles. The molecule has 2 rings (SSSR count). The van der Waals surface area contributed by atoms with Gasteiger partial charge in [-0.1, -0.05) is 17.7 Å². The molecule has 0 atom stereocenters. The van der Waals surface area contributed by atoms with E-state index in [-0.39, 0.29) is 6.04 Å². The van der Waals surface area contributed by atoms with Crippen LogP contribution in [0.3, 0.4) is 0 Å². The van der Waals surface area contributed by atoms with E-state index in [2.05, 4.69) is 10.6 Å². The van der Waals surface area contributed by atoms with E-state index >= 15 is 0 Å². The first-order chi connectivity index (χ1) is 8.99. The van der Waals surface area contributed by atoms with Gasteiger partial charge in [-0.05, 0) is 25.0 Å². The van der Waals surface area contributed by atoms with Crippen LogP contribution >= 0.6 is 11.6 Å². The Hall–Kier alpha value is -1.75. The summed E-state index contributed by atoms with van der Waals surface area (Å²) >= 11 is 6.09. The van der Waals surface area contributed by atoms with E-state index in [4.69, 9.17) is 11.6 Å². The molecule has 1 aromatic carbocycles. The lowest BCUT2D eigenvalue weighted by Gasteiger charge is -2.19. The van der Waals surface area contributed by atoms with Crippen LogP contribution < -0.4 is 15.5 Å². The molecule has 0 heterocycles. The van der Waals surface area contributed by atoms with Crippen LogP contribution in [0, 0.1) is 0 Å².